The van der Waals surface area contributed by atoms with Crippen LogP contribution in [0.1, 0.15) is 16.9 Å². The number of hydrogen-bond acceptors (Lipinski definition) is 5. The van der Waals surface area contributed by atoms with Crippen molar-refractivity contribution in [3.05, 3.63) is 45.4 Å². The van der Waals surface area contributed by atoms with Gasteiger partial charge >= 0.3 is 11.9 Å². The lowest BCUT2D eigenvalue weighted by molar-refractivity contribution is -0.148. The third-order valence-corrected chi connectivity index (χ3v) is 4.31. The standard InChI is InChI=1S/C15H15ClN2O4S/c16-15-18-8-12(23-15)7-17-11-3-1-9(2-4-11)5-10(14(21)22)6-13(19)20/h1-4,8,10,17H,5-7H2,(H,19,20)(H,21,22). The molecular weight excluding hydrogens is 340 g/mol. The van der Waals surface area contributed by atoms with Crippen LogP contribution in [0, 0.1) is 5.92 Å². The molecule has 0 spiro atoms. The number of aliphatic carboxylic acids is 2. The Morgan fingerprint density at radius 2 is 1.96 bits per heavy atom. The summed E-state index contributed by atoms with van der Waals surface area (Å²) in [5.74, 6) is -3.14. The van der Waals surface area contributed by atoms with Crippen molar-refractivity contribution in [1.82, 2.24) is 4.98 Å². The summed E-state index contributed by atoms with van der Waals surface area (Å²) in [5.41, 5.74) is 1.66. The van der Waals surface area contributed by atoms with E-state index >= 15 is 0 Å². The Labute approximate surface area is 141 Å². The van der Waals surface area contributed by atoms with Crippen LogP contribution in [0.4, 0.5) is 5.69 Å². The van der Waals surface area contributed by atoms with Gasteiger partial charge in [0, 0.05) is 16.8 Å². The van der Waals surface area contributed by atoms with Gasteiger partial charge in [0.25, 0.3) is 0 Å². The van der Waals surface area contributed by atoms with Crippen molar-refractivity contribution in [2.45, 2.75) is 19.4 Å². The van der Waals surface area contributed by atoms with Crippen LogP contribution in [0.25, 0.3) is 0 Å². The topological polar surface area (TPSA) is 99.5 Å². The first kappa shape index (κ1) is 17.2. The predicted octanol–water partition coefficient (Wildman–Crippen LogP) is 3.13. The molecule has 0 saturated heterocycles. The van der Waals surface area contributed by atoms with E-state index in [2.05, 4.69) is 10.3 Å². The SMILES string of the molecule is O=C(O)CC(Cc1ccc(NCc2cnc(Cl)s2)cc1)C(=O)O. The lowest BCUT2D eigenvalue weighted by atomic mass is 9.96. The summed E-state index contributed by atoms with van der Waals surface area (Å²) < 4.78 is 0.496. The smallest absolute Gasteiger partial charge is 0.307 e. The molecule has 6 nitrogen and oxygen atoms in total. The molecule has 8 heteroatoms. The number of rotatable bonds is 8. The summed E-state index contributed by atoms with van der Waals surface area (Å²) in [4.78, 5) is 26.7. The Morgan fingerprint density at radius 1 is 1.26 bits per heavy atom. The van der Waals surface area contributed by atoms with Crippen molar-refractivity contribution in [2.24, 2.45) is 5.92 Å². The largest absolute Gasteiger partial charge is 0.481 e. The Balaban J connectivity index is 1.92. The number of aromatic nitrogens is 1. The van der Waals surface area contributed by atoms with E-state index in [1.165, 1.54) is 11.3 Å². The molecule has 2 aromatic rings. The Hall–Kier alpha value is -2.12. The van der Waals surface area contributed by atoms with Gasteiger partial charge in [0.1, 0.15) is 0 Å². The number of carboxylic acids is 2. The molecule has 0 aliphatic rings. The van der Waals surface area contributed by atoms with Crippen molar-refractivity contribution in [2.75, 3.05) is 5.32 Å². The average molecular weight is 355 g/mol. The molecule has 1 aromatic carbocycles. The van der Waals surface area contributed by atoms with Crippen LogP contribution >= 0.6 is 22.9 Å². The highest BCUT2D eigenvalue weighted by molar-refractivity contribution is 7.15. The van der Waals surface area contributed by atoms with Crippen molar-refractivity contribution in [3.63, 3.8) is 0 Å². The number of carboxylic acid groups (broad SMARTS) is 2. The van der Waals surface area contributed by atoms with E-state index in [1.807, 2.05) is 12.1 Å². The highest BCUT2D eigenvalue weighted by atomic mass is 35.5. The number of carbonyl (C=O) groups is 2. The van der Waals surface area contributed by atoms with Gasteiger partial charge in [-0.2, -0.15) is 0 Å². The molecule has 0 fully saturated rings. The van der Waals surface area contributed by atoms with E-state index in [1.54, 1.807) is 18.3 Å². The summed E-state index contributed by atoms with van der Waals surface area (Å²) in [6.07, 6.45) is 1.51. The van der Waals surface area contributed by atoms with Crippen LogP contribution < -0.4 is 5.32 Å². The predicted molar refractivity (Wildman–Crippen MR) is 88.0 cm³/mol. The minimum atomic E-state index is -1.11. The molecule has 0 aliphatic heterocycles. The Morgan fingerprint density at radius 3 is 2.48 bits per heavy atom. The fourth-order valence-corrected chi connectivity index (χ4v) is 2.97. The lowest BCUT2D eigenvalue weighted by Crippen LogP contribution is -2.20. The maximum Gasteiger partial charge on any atom is 0.307 e. The highest BCUT2D eigenvalue weighted by Crippen LogP contribution is 2.20. The van der Waals surface area contributed by atoms with Gasteiger partial charge in [-0.3, -0.25) is 9.59 Å². The number of benzene rings is 1. The molecule has 0 bridgehead atoms. The maximum absolute atomic E-state index is 11.1. The zero-order chi connectivity index (χ0) is 16.8. The first-order valence-corrected chi connectivity index (χ1v) is 8.01. The zero-order valence-electron chi connectivity index (χ0n) is 12.0. The quantitative estimate of drug-likeness (QED) is 0.673. The number of hydrogen-bond donors (Lipinski definition) is 3. The number of nitrogens with one attached hydrogen (secondary N) is 1. The second-order valence-electron chi connectivity index (χ2n) is 4.97. The summed E-state index contributed by atoms with van der Waals surface area (Å²) in [6.45, 7) is 0.598. The van der Waals surface area contributed by atoms with Crippen LogP contribution in [0.2, 0.25) is 4.47 Å². The molecule has 3 N–H and O–H groups in total. The van der Waals surface area contributed by atoms with Gasteiger partial charge in [0.2, 0.25) is 0 Å². The summed E-state index contributed by atoms with van der Waals surface area (Å²) in [7, 11) is 0. The van der Waals surface area contributed by atoms with Crippen molar-refractivity contribution < 1.29 is 19.8 Å². The molecule has 2 rings (SSSR count). The summed E-state index contributed by atoms with van der Waals surface area (Å²) in [5, 5.41) is 21.0. The zero-order valence-corrected chi connectivity index (χ0v) is 13.6. The molecule has 0 aliphatic carbocycles. The fourth-order valence-electron chi connectivity index (χ4n) is 2.06. The van der Waals surface area contributed by atoms with Gasteiger partial charge < -0.3 is 15.5 Å². The minimum absolute atomic E-state index is 0.187. The molecule has 0 radical (unpaired) electrons. The van der Waals surface area contributed by atoms with Crippen molar-refractivity contribution >= 4 is 40.6 Å². The van der Waals surface area contributed by atoms with Crippen molar-refractivity contribution in [3.8, 4) is 0 Å². The van der Waals surface area contributed by atoms with Gasteiger partial charge in [-0.05, 0) is 24.1 Å². The number of thiazole rings is 1. The molecule has 122 valence electrons. The fraction of sp³-hybridized carbons (Fsp3) is 0.267. The van der Waals surface area contributed by atoms with Gasteiger partial charge in [0.15, 0.2) is 4.47 Å². The Kier molecular flexibility index (Phi) is 5.95. The first-order chi connectivity index (χ1) is 10.9. The van der Waals surface area contributed by atoms with E-state index < -0.39 is 17.9 Å². The molecule has 1 aromatic heterocycles. The van der Waals surface area contributed by atoms with Crippen molar-refractivity contribution in [1.29, 1.82) is 0 Å². The third kappa shape index (κ3) is 5.54. The normalized spacial score (nSPS) is 11.9. The molecule has 23 heavy (non-hydrogen) atoms. The summed E-state index contributed by atoms with van der Waals surface area (Å²) in [6, 6.07) is 7.24. The van der Waals surface area contributed by atoms with Crippen LogP contribution in [0.3, 0.4) is 0 Å². The lowest BCUT2D eigenvalue weighted by Gasteiger charge is -2.11. The van der Waals surface area contributed by atoms with E-state index in [4.69, 9.17) is 21.8 Å². The second-order valence-corrected chi connectivity index (χ2v) is 6.66. The van der Waals surface area contributed by atoms with E-state index in [0.29, 0.717) is 11.0 Å². The monoisotopic (exact) mass is 354 g/mol. The van der Waals surface area contributed by atoms with Crippen LogP contribution in [0.15, 0.2) is 30.5 Å². The van der Waals surface area contributed by atoms with Crippen LogP contribution in [-0.4, -0.2) is 27.1 Å². The number of nitrogens with zero attached hydrogens (tertiary/aromatic N) is 1. The van der Waals surface area contributed by atoms with E-state index in [-0.39, 0.29) is 12.8 Å². The number of anilines is 1. The van der Waals surface area contributed by atoms with E-state index in [0.717, 1.165) is 16.1 Å². The van der Waals surface area contributed by atoms with Crippen LogP contribution in [0.5, 0.6) is 0 Å². The molecule has 1 atom stereocenters. The Bertz CT molecular complexity index is 687. The average Bonchev–Trinajstić information content (AvgIpc) is 2.91. The van der Waals surface area contributed by atoms with Gasteiger partial charge in [-0.25, -0.2) is 4.98 Å². The maximum atomic E-state index is 11.1. The molecular formula is C15H15ClN2O4S. The van der Waals surface area contributed by atoms with E-state index in [9.17, 15) is 9.59 Å². The molecule has 1 unspecified atom stereocenters. The molecule has 0 saturated carbocycles. The summed E-state index contributed by atoms with van der Waals surface area (Å²) >= 11 is 7.16. The first-order valence-electron chi connectivity index (χ1n) is 6.81. The van der Waals surface area contributed by atoms with Gasteiger partial charge in [-0.1, -0.05) is 23.7 Å². The number of halogens is 1. The minimum Gasteiger partial charge on any atom is -0.481 e. The molecule has 0 amide bonds. The van der Waals surface area contributed by atoms with Gasteiger partial charge in [0.05, 0.1) is 18.9 Å². The van der Waals surface area contributed by atoms with Crippen LogP contribution in [-0.2, 0) is 22.6 Å². The highest BCUT2D eigenvalue weighted by Gasteiger charge is 2.21. The molecule has 1 heterocycles. The third-order valence-electron chi connectivity index (χ3n) is 3.20. The second kappa shape index (κ2) is 7.94. The van der Waals surface area contributed by atoms with Gasteiger partial charge in [-0.15, -0.1) is 11.3 Å².